The number of nitrogens with zero attached hydrogens (tertiary/aromatic N) is 1. The molecule has 0 radical (unpaired) electrons. The van der Waals surface area contributed by atoms with Crippen molar-refractivity contribution in [3.63, 3.8) is 0 Å². The van der Waals surface area contributed by atoms with E-state index in [1.165, 1.54) is 6.92 Å². The first-order chi connectivity index (χ1) is 12.5. The van der Waals surface area contributed by atoms with Crippen LogP contribution in [0.5, 0.6) is 0 Å². The lowest BCUT2D eigenvalue weighted by molar-refractivity contribution is -0.150. The number of aliphatic hydroxyl groups excluding tert-OH is 1. The van der Waals surface area contributed by atoms with Crippen LogP contribution in [0.15, 0.2) is 0 Å². The van der Waals surface area contributed by atoms with Crippen molar-refractivity contribution in [3.8, 4) is 0 Å². The minimum absolute atomic E-state index is 0.202. The molecule has 12 nitrogen and oxygen atoms in total. The number of amides is 4. The normalized spacial score (nSPS) is 19.7. The third kappa shape index (κ3) is 6.49. The number of primary amides is 1. The number of aliphatic hydroxyl groups is 1. The van der Waals surface area contributed by atoms with Crippen molar-refractivity contribution < 1.29 is 34.2 Å². The van der Waals surface area contributed by atoms with E-state index in [0.29, 0.717) is 6.42 Å². The Morgan fingerprint density at radius 1 is 1.26 bits per heavy atom. The molecule has 0 spiro atoms. The fraction of sp³-hybridized carbons (Fsp3) is 0.667. The second-order valence-corrected chi connectivity index (χ2v) is 6.31. The number of aliphatic carboxylic acids is 1. The summed E-state index contributed by atoms with van der Waals surface area (Å²) >= 11 is 0. The fourth-order valence-corrected chi connectivity index (χ4v) is 2.69. The molecule has 1 saturated heterocycles. The van der Waals surface area contributed by atoms with E-state index in [2.05, 4.69) is 10.6 Å². The molecule has 1 heterocycles. The Hall–Kier alpha value is -2.73. The van der Waals surface area contributed by atoms with E-state index in [1.807, 2.05) is 0 Å². The molecule has 1 fully saturated rings. The van der Waals surface area contributed by atoms with E-state index in [-0.39, 0.29) is 13.0 Å². The first-order valence-corrected chi connectivity index (χ1v) is 8.37. The van der Waals surface area contributed by atoms with Crippen LogP contribution >= 0.6 is 0 Å². The average molecular weight is 387 g/mol. The van der Waals surface area contributed by atoms with Gasteiger partial charge in [0.15, 0.2) is 0 Å². The summed E-state index contributed by atoms with van der Waals surface area (Å²) in [6.07, 6.45) is -0.899. The molecule has 27 heavy (non-hydrogen) atoms. The third-order valence-corrected chi connectivity index (χ3v) is 4.07. The minimum Gasteiger partial charge on any atom is -0.480 e. The van der Waals surface area contributed by atoms with Gasteiger partial charge < -0.3 is 37.2 Å². The van der Waals surface area contributed by atoms with Gasteiger partial charge in [-0.2, -0.15) is 0 Å². The summed E-state index contributed by atoms with van der Waals surface area (Å²) in [7, 11) is 0. The van der Waals surface area contributed by atoms with Crippen LogP contribution in [-0.4, -0.2) is 82.0 Å². The molecular weight excluding hydrogens is 362 g/mol. The van der Waals surface area contributed by atoms with Crippen LogP contribution in [0.4, 0.5) is 0 Å². The highest BCUT2D eigenvalue weighted by Gasteiger charge is 2.39. The van der Waals surface area contributed by atoms with Gasteiger partial charge in [-0.3, -0.25) is 19.2 Å². The summed E-state index contributed by atoms with van der Waals surface area (Å²) in [5.41, 5.74) is 10.3. The van der Waals surface area contributed by atoms with E-state index in [1.54, 1.807) is 0 Å². The summed E-state index contributed by atoms with van der Waals surface area (Å²) in [4.78, 5) is 59.2. The van der Waals surface area contributed by atoms with Gasteiger partial charge >= 0.3 is 5.97 Å². The van der Waals surface area contributed by atoms with Crippen molar-refractivity contribution in [2.45, 2.75) is 50.4 Å². The summed E-state index contributed by atoms with van der Waals surface area (Å²) in [6, 6.07) is -3.60. The summed E-state index contributed by atoms with van der Waals surface area (Å²) in [6.45, 7) is 0.924. The highest BCUT2D eigenvalue weighted by Crippen LogP contribution is 2.19. The van der Waals surface area contributed by atoms with Crippen molar-refractivity contribution in [1.82, 2.24) is 15.5 Å². The highest BCUT2D eigenvalue weighted by molar-refractivity contribution is 5.93. The predicted molar refractivity (Wildman–Crippen MR) is 90.8 cm³/mol. The van der Waals surface area contributed by atoms with Gasteiger partial charge in [0.1, 0.15) is 12.1 Å². The van der Waals surface area contributed by atoms with E-state index in [4.69, 9.17) is 16.6 Å². The van der Waals surface area contributed by atoms with Crippen molar-refractivity contribution in [1.29, 1.82) is 0 Å². The number of hydrogen-bond acceptors (Lipinski definition) is 7. The zero-order chi connectivity index (χ0) is 20.7. The van der Waals surface area contributed by atoms with Crippen molar-refractivity contribution in [2.75, 3.05) is 13.1 Å². The number of nitrogens with two attached hydrogens (primary N) is 2. The van der Waals surface area contributed by atoms with Gasteiger partial charge in [-0.1, -0.05) is 0 Å². The van der Waals surface area contributed by atoms with Gasteiger partial charge in [0, 0.05) is 6.54 Å². The van der Waals surface area contributed by atoms with E-state index in [0.717, 1.165) is 4.90 Å². The number of carbonyl (C=O) groups excluding carboxylic acids is 4. The number of carboxylic acids is 1. The Bertz CT molecular complexity index is 609. The number of rotatable bonds is 9. The molecule has 1 rings (SSSR count). The fourth-order valence-electron chi connectivity index (χ4n) is 2.69. The van der Waals surface area contributed by atoms with Gasteiger partial charge in [-0.25, -0.2) is 4.79 Å². The van der Waals surface area contributed by atoms with Crippen LogP contribution in [0, 0.1) is 0 Å². The number of nitrogens with one attached hydrogen (secondary N) is 2. The third-order valence-electron chi connectivity index (χ3n) is 4.07. The summed E-state index contributed by atoms with van der Waals surface area (Å²) in [5.74, 6) is -4.23. The molecule has 0 aliphatic carbocycles. The molecule has 152 valence electrons. The highest BCUT2D eigenvalue weighted by atomic mass is 16.4. The monoisotopic (exact) mass is 387 g/mol. The molecule has 4 unspecified atom stereocenters. The SMILES string of the molecule is CC(O)C(NC(=O)CNC(=O)C(N)CC(N)=O)C(=O)N1CCCC1C(=O)O. The zero-order valence-corrected chi connectivity index (χ0v) is 14.9. The second kappa shape index (κ2) is 9.83. The minimum atomic E-state index is -1.37. The smallest absolute Gasteiger partial charge is 0.326 e. The Balaban J connectivity index is 2.65. The molecule has 12 heteroatoms. The maximum absolute atomic E-state index is 12.5. The first kappa shape index (κ1) is 22.3. The molecule has 1 aliphatic rings. The van der Waals surface area contributed by atoms with Crippen LogP contribution in [0.3, 0.4) is 0 Å². The quantitative estimate of drug-likeness (QED) is 0.231. The topological polar surface area (TPSA) is 205 Å². The van der Waals surface area contributed by atoms with E-state index in [9.17, 15) is 29.1 Å². The van der Waals surface area contributed by atoms with E-state index >= 15 is 0 Å². The first-order valence-electron chi connectivity index (χ1n) is 8.37. The molecule has 0 saturated carbocycles. The number of hydrogen-bond donors (Lipinski definition) is 6. The molecule has 0 bridgehead atoms. The van der Waals surface area contributed by atoms with Crippen LogP contribution in [-0.2, 0) is 24.0 Å². The molecule has 8 N–H and O–H groups in total. The van der Waals surface area contributed by atoms with Gasteiger partial charge in [-0.15, -0.1) is 0 Å². The van der Waals surface area contributed by atoms with Crippen molar-refractivity contribution in [2.24, 2.45) is 11.5 Å². The Morgan fingerprint density at radius 2 is 1.89 bits per heavy atom. The molecule has 0 aromatic carbocycles. The maximum Gasteiger partial charge on any atom is 0.326 e. The average Bonchev–Trinajstić information content (AvgIpc) is 3.05. The number of likely N-dealkylation sites (tertiary alicyclic amines) is 1. The predicted octanol–water partition coefficient (Wildman–Crippen LogP) is -3.75. The largest absolute Gasteiger partial charge is 0.480 e. The molecule has 4 atom stereocenters. The molecule has 4 amide bonds. The lowest BCUT2D eigenvalue weighted by atomic mass is 10.1. The van der Waals surface area contributed by atoms with Crippen LogP contribution in [0.25, 0.3) is 0 Å². The Kier molecular flexibility index (Phi) is 8.12. The molecule has 0 aromatic heterocycles. The van der Waals surface area contributed by atoms with Gasteiger partial charge in [0.2, 0.25) is 23.6 Å². The van der Waals surface area contributed by atoms with Crippen LogP contribution in [0.2, 0.25) is 0 Å². The van der Waals surface area contributed by atoms with Crippen LogP contribution < -0.4 is 22.1 Å². The summed E-state index contributed by atoms with van der Waals surface area (Å²) in [5, 5.41) is 23.4. The zero-order valence-electron chi connectivity index (χ0n) is 14.9. The molecule has 1 aliphatic heterocycles. The van der Waals surface area contributed by atoms with Gasteiger partial charge in [-0.05, 0) is 19.8 Å². The summed E-state index contributed by atoms with van der Waals surface area (Å²) < 4.78 is 0. The van der Waals surface area contributed by atoms with Crippen molar-refractivity contribution >= 4 is 29.6 Å². The number of carbonyl (C=O) groups is 5. The lowest BCUT2D eigenvalue weighted by Crippen LogP contribution is -2.57. The number of carboxylic acid groups (broad SMARTS) is 1. The molecule has 0 aromatic rings. The Labute approximate surface area is 155 Å². The molecular formula is C15H25N5O7. The van der Waals surface area contributed by atoms with Gasteiger partial charge in [0.25, 0.3) is 0 Å². The van der Waals surface area contributed by atoms with E-state index < -0.39 is 66.8 Å². The Morgan fingerprint density at radius 3 is 2.41 bits per heavy atom. The van der Waals surface area contributed by atoms with Crippen LogP contribution in [0.1, 0.15) is 26.2 Å². The lowest BCUT2D eigenvalue weighted by Gasteiger charge is -2.28. The van der Waals surface area contributed by atoms with Gasteiger partial charge in [0.05, 0.1) is 25.1 Å². The second-order valence-electron chi connectivity index (χ2n) is 6.31. The van der Waals surface area contributed by atoms with Crippen molar-refractivity contribution in [3.05, 3.63) is 0 Å². The maximum atomic E-state index is 12.5. The standard InChI is InChI=1S/C15H25N5O7/c1-7(21)12(14(25)20-4-2-3-9(20)15(26)27)19-11(23)6-18-13(24)8(16)5-10(17)22/h7-9,12,21H,2-6,16H2,1H3,(H2,17,22)(H,18,24)(H,19,23)(H,26,27).